The molecule has 1 aliphatic carbocycles. The minimum absolute atomic E-state index is 0.890. The Labute approximate surface area is 137 Å². The molecular formula is C20H12N4. The van der Waals surface area contributed by atoms with Crippen LogP contribution in [-0.2, 0) is 6.42 Å². The minimum atomic E-state index is 0.890. The molecule has 0 radical (unpaired) electrons. The summed E-state index contributed by atoms with van der Waals surface area (Å²) in [6.45, 7) is 0. The second-order valence-electron chi connectivity index (χ2n) is 6.19. The number of pyridine rings is 3. The monoisotopic (exact) mass is 308 g/mol. The van der Waals surface area contributed by atoms with Crippen LogP contribution in [0.2, 0.25) is 0 Å². The Bertz CT molecular complexity index is 1280. The Balaban J connectivity index is 1.93. The molecule has 4 nitrogen and oxygen atoms in total. The van der Waals surface area contributed by atoms with E-state index in [1.165, 1.54) is 16.8 Å². The molecule has 0 saturated heterocycles. The summed E-state index contributed by atoms with van der Waals surface area (Å²) in [7, 11) is 0. The lowest BCUT2D eigenvalue weighted by atomic mass is 10.1. The van der Waals surface area contributed by atoms with Gasteiger partial charge in [-0.1, -0.05) is 24.3 Å². The maximum Gasteiger partial charge on any atom is 0.146 e. The van der Waals surface area contributed by atoms with E-state index >= 15 is 0 Å². The highest BCUT2D eigenvalue weighted by molar-refractivity contribution is 6.10. The number of hydrogen-bond donors (Lipinski definition) is 0. The quantitative estimate of drug-likeness (QED) is 0.398. The van der Waals surface area contributed by atoms with Gasteiger partial charge >= 0.3 is 0 Å². The molecule has 0 N–H and O–H groups in total. The van der Waals surface area contributed by atoms with Crippen molar-refractivity contribution in [2.45, 2.75) is 6.42 Å². The first-order chi connectivity index (χ1) is 11.9. The van der Waals surface area contributed by atoms with E-state index in [0.29, 0.717) is 0 Å². The van der Waals surface area contributed by atoms with Crippen LogP contribution in [0.25, 0.3) is 38.7 Å². The summed E-state index contributed by atoms with van der Waals surface area (Å²) in [5, 5.41) is 2.15. The van der Waals surface area contributed by atoms with Crippen LogP contribution in [0.4, 0.5) is 0 Å². The molecule has 0 bridgehead atoms. The highest BCUT2D eigenvalue weighted by atomic mass is 15.0. The van der Waals surface area contributed by atoms with Crippen molar-refractivity contribution in [3.05, 3.63) is 72.3 Å². The largest absolute Gasteiger partial charge is 0.290 e. The fourth-order valence-corrected chi connectivity index (χ4v) is 3.93. The summed E-state index contributed by atoms with van der Waals surface area (Å²) in [6.07, 6.45) is 6.44. The molecule has 4 heteroatoms. The lowest BCUT2D eigenvalue weighted by Crippen LogP contribution is -1.95. The first kappa shape index (κ1) is 12.2. The Hall–Kier alpha value is -3.27. The molecule has 1 aromatic carbocycles. The van der Waals surface area contributed by atoms with E-state index in [9.17, 15) is 0 Å². The maximum absolute atomic E-state index is 4.99. The first-order valence-corrected chi connectivity index (χ1v) is 8.02. The van der Waals surface area contributed by atoms with Gasteiger partial charge in [0.2, 0.25) is 0 Å². The lowest BCUT2D eigenvalue weighted by Gasteiger charge is -2.09. The first-order valence-electron chi connectivity index (χ1n) is 8.02. The molecular weight excluding hydrogens is 296 g/mol. The predicted molar refractivity (Wildman–Crippen MR) is 94.0 cm³/mol. The van der Waals surface area contributed by atoms with Gasteiger partial charge in [-0.15, -0.1) is 0 Å². The third-order valence-electron chi connectivity index (χ3n) is 4.92. The minimum Gasteiger partial charge on any atom is -0.290 e. The molecule has 4 heterocycles. The number of rotatable bonds is 0. The summed E-state index contributed by atoms with van der Waals surface area (Å²) in [4.78, 5) is 13.9. The van der Waals surface area contributed by atoms with Gasteiger partial charge in [0, 0.05) is 41.3 Å². The van der Waals surface area contributed by atoms with Crippen LogP contribution in [0.1, 0.15) is 11.3 Å². The second-order valence-corrected chi connectivity index (χ2v) is 6.19. The molecule has 0 unspecified atom stereocenters. The van der Waals surface area contributed by atoms with Crippen molar-refractivity contribution in [1.29, 1.82) is 0 Å². The summed E-state index contributed by atoms with van der Waals surface area (Å²) >= 11 is 0. The van der Waals surface area contributed by atoms with Crippen molar-refractivity contribution in [2.24, 2.45) is 0 Å². The van der Waals surface area contributed by atoms with Crippen LogP contribution in [0.5, 0.6) is 0 Å². The van der Waals surface area contributed by atoms with Gasteiger partial charge in [-0.3, -0.25) is 14.4 Å². The molecule has 0 spiro atoms. The smallest absolute Gasteiger partial charge is 0.146 e. The van der Waals surface area contributed by atoms with Crippen molar-refractivity contribution in [3.63, 3.8) is 0 Å². The van der Waals surface area contributed by atoms with E-state index in [0.717, 1.165) is 39.6 Å². The zero-order valence-electron chi connectivity index (χ0n) is 12.8. The normalized spacial score (nSPS) is 12.8. The van der Waals surface area contributed by atoms with E-state index in [4.69, 9.17) is 4.98 Å². The van der Waals surface area contributed by atoms with Crippen molar-refractivity contribution in [3.8, 4) is 11.3 Å². The number of imidazole rings is 1. The molecule has 4 aromatic heterocycles. The third kappa shape index (κ3) is 1.36. The average molecular weight is 308 g/mol. The van der Waals surface area contributed by atoms with Crippen molar-refractivity contribution >= 4 is 27.5 Å². The van der Waals surface area contributed by atoms with Gasteiger partial charge in [-0.2, -0.15) is 0 Å². The number of benzene rings is 1. The topological polar surface area (TPSA) is 43.1 Å². The van der Waals surface area contributed by atoms with E-state index in [2.05, 4.69) is 44.7 Å². The van der Waals surface area contributed by atoms with Gasteiger partial charge < -0.3 is 0 Å². The van der Waals surface area contributed by atoms with Gasteiger partial charge in [-0.05, 0) is 23.8 Å². The van der Waals surface area contributed by atoms with Gasteiger partial charge in [0.1, 0.15) is 5.65 Å². The second kappa shape index (κ2) is 4.17. The van der Waals surface area contributed by atoms with Crippen LogP contribution in [0.3, 0.4) is 0 Å². The lowest BCUT2D eigenvalue weighted by molar-refractivity contribution is 1.17. The SMILES string of the molecule is c1ccc2c(c1)Cc1nc3c4ccncc4c4ncccc4n3c1-2. The molecule has 6 rings (SSSR count). The fourth-order valence-electron chi connectivity index (χ4n) is 3.93. The van der Waals surface area contributed by atoms with Crippen LogP contribution < -0.4 is 0 Å². The number of aromatic nitrogens is 4. The molecule has 112 valence electrons. The molecule has 0 aliphatic heterocycles. The van der Waals surface area contributed by atoms with Gasteiger partial charge in [0.05, 0.1) is 22.4 Å². The van der Waals surface area contributed by atoms with E-state index in [-0.39, 0.29) is 0 Å². The Morgan fingerprint density at radius 1 is 0.917 bits per heavy atom. The van der Waals surface area contributed by atoms with Crippen molar-refractivity contribution in [2.75, 3.05) is 0 Å². The maximum atomic E-state index is 4.99. The molecule has 0 fully saturated rings. The molecule has 24 heavy (non-hydrogen) atoms. The zero-order valence-corrected chi connectivity index (χ0v) is 12.8. The van der Waals surface area contributed by atoms with Gasteiger partial charge in [0.15, 0.2) is 0 Å². The molecule has 0 atom stereocenters. The highest BCUT2D eigenvalue weighted by Crippen LogP contribution is 2.40. The number of hydrogen-bond acceptors (Lipinski definition) is 3. The highest BCUT2D eigenvalue weighted by Gasteiger charge is 2.26. The summed E-state index contributed by atoms with van der Waals surface area (Å²) in [5.74, 6) is 0. The number of fused-ring (bicyclic) bond motifs is 10. The van der Waals surface area contributed by atoms with Crippen LogP contribution in [0, 0.1) is 0 Å². The molecule has 0 saturated carbocycles. The zero-order chi connectivity index (χ0) is 15.7. The Kier molecular flexibility index (Phi) is 2.12. The average Bonchev–Trinajstić information content (AvgIpc) is 3.18. The Morgan fingerprint density at radius 2 is 1.88 bits per heavy atom. The summed E-state index contributed by atoms with van der Waals surface area (Å²) in [5.41, 5.74) is 8.02. The fraction of sp³-hybridized carbons (Fsp3) is 0.0500. The van der Waals surface area contributed by atoms with Crippen LogP contribution in [-0.4, -0.2) is 19.4 Å². The molecule has 5 aromatic rings. The van der Waals surface area contributed by atoms with Crippen molar-refractivity contribution in [1.82, 2.24) is 19.4 Å². The summed E-state index contributed by atoms with van der Waals surface area (Å²) in [6, 6.07) is 14.7. The predicted octanol–water partition coefficient (Wildman–Crippen LogP) is 4.00. The summed E-state index contributed by atoms with van der Waals surface area (Å²) < 4.78 is 2.27. The van der Waals surface area contributed by atoms with E-state index in [1.54, 1.807) is 0 Å². The third-order valence-corrected chi connectivity index (χ3v) is 4.92. The van der Waals surface area contributed by atoms with Gasteiger partial charge in [0.25, 0.3) is 0 Å². The van der Waals surface area contributed by atoms with Crippen LogP contribution in [0.15, 0.2) is 61.1 Å². The molecule has 0 amide bonds. The Morgan fingerprint density at radius 3 is 2.88 bits per heavy atom. The molecule has 1 aliphatic rings. The van der Waals surface area contributed by atoms with Crippen molar-refractivity contribution < 1.29 is 0 Å². The van der Waals surface area contributed by atoms with Crippen LogP contribution >= 0.6 is 0 Å². The van der Waals surface area contributed by atoms with E-state index in [1.807, 2.05) is 30.7 Å². The standard InChI is InChI=1S/C20H12N4/c1-2-5-13-12(4-1)10-16-19(13)24-17-6-3-8-22-18(17)15-11-21-9-7-14(15)20(24)23-16/h1-9,11H,10H2. The van der Waals surface area contributed by atoms with Gasteiger partial charge in [-0.25, -0.2) is 4.98 Å². The van der Waals surface area contributed by atoms with E-state index < -0.39 is 0 Å². The number of nitrogens with zero attached hydrogens (tertiary/aromatic N) is 4.